The van der Waals surface area contributed by atoms with Crippen LogP contribution in [-0.4, -0.2) is 39.3 Å². The summed E-state index contributed by atoms with van der Waals surface area (Å²) in [6.45, 7) is 4.67. The Bertz CT molecular complexity index is 1520. The molecule has 0 radical (unpaired) electrons. The molecule has 3 N–H and O–H groups in total. The number of aromatic nitrogens is 2. The summed E-state index contributed by atoms with van der Waals surface area (Å²) in [6, 6.07) is 10.9. The van der Waals surface area contributed by atoms with Crippen LogP contribution in [0.4, 0.5) is 23.1 Å². The van der Waals surface area contributed by atoms with Crippen LogP contribution in [0.3, 0.4) is 0 Å². The van der Waals surface area contributed by atoms with Crippen LogP contribution in [0.5, 0.6) is 5.75 Å². The smallest absolute Gasteiger partial charge is 0.418 e. The molecule has 1 unspecified atom stereocenters. The topological polar surface area (TPSA) is 123 Å². The molecule has 2 heterocycles. The SMILES string of the molecule is CC(C)(C)OC(=O)NC(COCc1ccccc1)c1nc2c(C(F)(F)F)cccc2c(O)c1C(=O)Nc1nccs1. The highest BCUT2D eigenvalue weighted by molar-refractivity contribution is 7.13. The van der Waals surface area contributed by atoms with Crippen LogP contribution in [0.2, 0.25) is 0 Å². The highest BCUT2D eigenvalue weighted by atomic mass is 32.1. The zero-order valence-corrected chi connectivity index (χ0v) is 23.1. The zero-order chi connectivity index (χ0) is 29.8. The molecule has 0 bridgehead atoms. The number of hydrogen-bond acceptors (Lipinski definition) is 8. The largest absolute Gasteiger partial charge is 0.506 e. The lowest BCUT2D eigenvalue weighted by molar-refractivity contribution is -0.136. The van der Waals surface area contributed by atoms with Gasteiger partial charge in [-0.1, -0.05) is 36.4 Å². The number of pyridine rings is 1. The summed E-state index contributed by atoms with van der Waals surface area (Å²) in [5.41, 5.74) is -2.64. The summed E-state index contributed by atoms with van der Waals surface area (Å²) in [5.74, 6) is -1.64. The van der Waals surface area contributed by atoms with Gasteiger partial charge in [0.2, 0.25) is 0 Å². The average molecular weight is 589 g/mol. The number of ether oxygens (including phenoxy) is 2. The summed E-state index contributed by atoms with van der Waals surface area (Å²) in [4.78, 5) is 34.5. The predicted octanol–water partition coefficient (Wildman–Crippen LogP) is 6.45. The molecule has 0 spiro atoms. The van der Waals surface area contributed by atoms with Crippen molar-refractivity contribution in [1.82, 2.24) is 15.3 Å². The molecule has 0 saturated heterocycles. The monoisotopic (exact) mass is 588 g/mol. The molecule has 0 aliphatic heterocycles. The van der Waals surface area contributed by atoms with Gasteiger partial charge < -0.3 is 19.9 Å². The minimum Gasteiger partial charge on any atom is -0.506 e. The Labute approximate surface area is 237 Å². The van der Waals surface area contributed by atoms with E-state index in [1.807, 2.05) is 6.07 Å². The number of hydrogen-bond donors (Lipinski definition) is 3. The van der Waals surface area contributed by atoms with Crippen LogP contribution in [0.25, 0.3) is 10.9 Å². The molecule has 4 rings (SSSR count). The van der Waals surface area contributed by atoms with Gasteiger partial charge in [0.05, 0.1) is 36.0 Å². The third-order valence-corrected chi connectivity index (χ3v) is 6.31. The lowest BCUT2D eigenvalue weighted by Crippen LogP contribution is -2.38. The number of anilines is 1. The number of para-hydroxylation sites is 1. The fourth-order valence-electron chi connectivity index (χ4n) is 3.94. The molecule has 9 nitrogen and oxygen atoms in total. The molecule has 41 heavy (non-hydrogen) atoms. The molecular weight excluding hydrogens is 561 g/mol. The molecule has 1 atom stereocenters. The van der Waals surface area contributed by atoms with Crippen LogP contribution in [-0.2, 0) is 22.3 Å². The standard InChI is InChI=1S/C28H27F3N4O5S/c1-27(2,3)40-26(38)33-19(15-39-14-16-8-5-4-6-9-16)22-20(24(37)35-25-32-12-13-41-25)23(36)17-10-7-11-18(21(17)34-22)28(29,30)31/h4-13,19H,14-15H2,1-3H3,(H,33,38)(H,34,36)(H,32,35,37). The number of thiazole rings is 1. The lowest BCUT2D eigenvalue weighted by Gasteiger charge is -2.25. The number of carbonyl (C=O) groups is 2. The Morgan fingerprint density at radius 3 is 2.44 bits per heavy atom. The van der Waals surface area contributed by atoms with Gasteiger partial charge in [-0.2, -0.15) is 13.2 Å². The predicted molar refractivity (Wildman–Crippen MR) is 147 cm³/mol. The minimum absolute atomic E-state index is 0.0847. The summed E-state index contributed by atoms with van der Waals surface area (Å²) < 4.78 is 53.0. The number of alkyl carbamates (subject to hydrolysis) is 1. The van der Waals surface area contributed by atoms with Gasteiger partial charge in [0.25, 0.3) is 5.91 Å². The fraction of sp³-hybridized carbons (Fsp3) is 0.286. The van der Waals surface area contributed by atoms with Gasteiger partial charge in [0, 0.05) is 17.0 Å². The van der Waals surface area contributed by atoms with E-state index in [-0.39, 0.29) is 29.4 Å². The number of halogens is 3. The second kappa shape index (κ2) is 12.1. The summed E-state index contributed by atoms with van der Waals surface area (Å²) in [5, 5.41) is 17.8. The van der Waals surface area contributed by atoms with Gasteiger partial charge in [-0.05, 0) is 38.5 Å². The molecule has 0 fully saturated rings. The first kappa shape index (κ1) is 29.7. The molecule has 216 valence electrons. The van der Waals surface area contributed by atoms with Crippen molar-refractivity contribution in [2.45, 2.75) is 45.2 Å². The highest BCUT2D eigenvalue weighted by Gasteiger charge is 2.36. The molecule has 4 aromatic rings. The Kier molecular flexibility index (Phi) is 8.78. The number of carbonyl (C=O) groups excluding carboxylic acids is 2. The van der Waals surface area contributed by atoms with E-state index < -0.39 is 52.2 Å². The van der Waals surface area contributed by atoms with Crippen molar-refractivity contribution in [1.29, 1.82) is 0 Å². The highest BCUT2D eigenvalue weighted by Crippen LogP contribution is 2.40. The maximum atomic E-state index is 14.0. The number of rotatable bonds is 8. The van der Waals surface area contributed by atoms with E-state index in [0.29, 0.717) is 0 Å². The molecular formula is C28H27F3N4O5S. The number of nitrogens with zero attached hydrogens (tertiary/aromatic N) is 2. The maximum absolute atomic E-state index is 14.0. The Morgan fingerprint density at radius 2 is 1.80 bits per heavy atom. The van der Waals surface area contributed by atoms with Crippen LogP contribution in [0.1, 0.15) is 54.0 Å². The first-order chi connectivity index (χ1) is 19.3. The summed E-state index contributed by atoms with van der Waals surface area (Å²) in [6.07, 6.45) is -4.30. The zero-order valence-electron chi connectivity index (χ0n) is 22.3. The molecule has 0 aliphatic rings. The van der Waals surface area contributed by atoms with Crippen molar-refractivity contribution in [3.05, 3.63) is 82.5 Å². The van der Waals surface area contributed by atoms with E-state index in [4.69, 9.17) is 9.47 Å². The number of aromatic hydroxyl groups is 1. The first-order valence-corrected chi connectivity index (χ1v) is 13.3. The van der Waals surface area contributed by atoms with E-state index in [1.165, 1.54) is 12.3 Å². The number of alkyl halides is 3. The lowest BCUT2D eigenvalue weighted by atomic mass is 9.99. The van der Waals surface area contributed by atoms with Crippen molar-refractivity contribution < 1.29 is 37.3 Å². The average Bonchev–Trinajstić information content (AvgIpc) is 3.39. The van der Waals surface area contributed by atoms with Crippen molar-refractivity contribution in [3.63, 3.8) is 0 Å². The van der Waals surface area contributed by atoms with Gasteiger partial charge in [-0.15, -0.1) is 11.3 Å². The van der Waals surface area contributed by atoms with Crippen LogP contribution in [0.15, 0.2) is 60.1 Å². The van der Waals surface area contributed by atoms with Gasteiger partial charge in [0.1, 0.15) is 16.9 Å². The van der Waals surface area contributed by atoms with Crippen molar-refractivity contribution in [2.75, 3.05) is 11.9 Å². The number of amides is 2. The van der Waals surface area contributed by atoms with Crippen LogP contribution < -0.4 is 10.6 Å². The Balaban J connectivity index is 1.85. The van der Waals surface area contributed by atoms with Gasteiger partial charge in [-0.25, -0.2) is 14.8 Å². The first-order valence-electron chi connectivity index (χ1n) is 12.4. The van der Waals surface area contributed by atoms with E-state index in [2.05, 4.69) is 20.6 Å². The third kappa shape index (κ3) is 7.50. The minimum atomic E-state index is -4.82. The van der Waals surface area contributed by atoms with Crippen LogP contribution in [0, 0.1) is 0 Å². The molecule has 2 aromatic carbocycles. The summed E-state index contributed by atoms with van der Waals surface area (Å²) in [7, 11) is 0. The molecule has 13 heteroatoms. The van der Waals surface area contributed by atoms with E-state index in [9.17, 15) is 27.9 Å². The number of fused-ring (bicyclic) bond motifs is 1. The molecule has 0 aliphatic carbocycles. The maximum Gasteiger partial charge on any atom is 0.418 e. The van der Waals surface area contributed by atoms with E-state index in [1.54, 1.807) is 50.4 Å². The molecule has 2 amide bonds. The Hall–Kier alpha value is -4.23. The van der Waals surface area contributed by atoms with E-state index in [0.717, 1.165) is 29.0 Å². The second-order valence-electron chi connectivity index (χ2n) is 9.91. The van der Waals surface area contributed by atoms with E-state index >= 15 is 0 Å². The van der Waals surface area contributed by atoms with Gasteiger partial charge in [0.15, 0.2) is 5.13 Å². The Morgan fingerprint density at radius 1 is 1.07 bits per heavy atom. The molecule has 2 aromatic heterocycles. The number of nitrogens with one attached hydrogen (secondary N) is 2. The third-order valence-electron chi connectivity index (χ3n) is 5.62. The van der Waals surface area contributed by atoms with Crippen LogP contribution >= 0.6 is 11.3 Å². The van der Waals surface area contributed by atoms with Gasteiger partial charge >= 0.3 is 12.3 Å². The van der Waals surface area contributed by atoms with Crippen molar-refractivity contribution in [2.24, 2.45) is 0 Å². The number of benzene rings is 2. The fourth-order valence-corrected chi connectivity index (χ4v) is 4.47. The van der Waals surface area contributed by atoms with Crippen molar-refractivity contribution in [3.8, 4) is 5.75 Å². The summed E-state index contributed by atoms with van der Waals surface area (Å²) >= 11 is 1.10. The normalized spacial score (nSPS) is 12.6. The van der Waals surface area contributed by atoms with Gasteiger partial charge in [-0.3, -0.25) is 10.1 Å². The van der Waals surface area contributed by atoms with Crippen molar-refractivity contribution >= 4 is 39.4 Å². The second-order valence-corrected chi connectivity index (χ2v) is 10.8. The molecule has 0 saturated carbocycles. The quantitative estimate of drug-likeness (QED) is 0.216.